The van der Waals surface area contributed by atoms with E-state index >= 15 is 0 Å². The van der Waals surface area contributed by atoms with Crippen LogP contribution in [0, 0.1) is 22.3 Å². The van der Waals surface area contributed by atoms with Crippen molar-refractivity contribution in [2.75, 3.05) is 0 Å². The predicted octanol–water partition coefficient (Wildman–Crippen LogP) is 3.06. The zero-order valence-electron chi connectivity index (χ0n) is 7.84. The Morgan fingerprint density at radius 2 is 1.80 bits per heavy atom. The van der Waals surface area contributed by atoms with E-state index in [-0.39, 0.29) is 11.6 Å². The van der Waals surface area contributed by atoms with Crippen molar-refractivity contribution in [1.29, 1.82) is 0 Å². The van der Waals surface area contributed by atoms with Crippen molar-refractivity contribution in [3.8, 4) is 5.69 Å². The van der Waals surface area contributed by atoms with E-state index in [1.54, 1.807) is 19.1 Å². The van der Waals surface area contributed by atoms with E-state index in [0.29, 0.717) is 15.1 Å². The second-order valence-electron chi connectivity index (χ2n) is 3.08. The summed E-state index contributed by atoms with van der Waals surface area (Å²) >= 11 is 1.87. The minimum atomic E-state index is -0.333. The maximum Gasteiger partial charge on any atom is 0.177 e. The number of rotatable bonds is 1. The highest BCUT2D eigenvalue weighted by atomic mass is 127. The molecule has 78 valence electrons. The quantitative estimate of drug-likeness (QED) is 0.739. The Labute approximate surface area is 99.1 Å². The highest BCUT2D eigenvalue weighted by Crippen LogP contribution is 2.18. The molecule has 1 aromatic heterocycles. The fourth-order valence-corrected chi connectivity index (χ4v) is 2.01. The van der Waals surface area contributed by atoms with Gasteiger partial charge in [-0.2, -0.15) is 5.10 Å². The van der Waals surface area contributed by atoms with E-state index in [2.05, 4.69) is 5.10 Å². The first-order chi connectivity index (χ1) is 7.09. The molecular weight excluding hydrogens is 313 g/mol. The minimum absolute atomic E-state index is 0.321. The highest BCUT2D eigenvalue weighted by Gasteiger charge is 2.13. The van der Waals surface area contributed by atoms with Gasteiger partial charge in [-0.1, -0.05) is 0 Å². The van der Waals surface area contributed by atoms with Crippen LogP contribution >= 0.6 is 22.6 Å². The standard InChI is InChI=1S/C10H7F2IN2/c1-6-9(12)10(13)15(14-6)8-4-2-7(11)3-5-8/h2-5H,1H3. The number of aromatic nitrogens is 2. The summed E-state index contributed by atoms with van der Waals surface area (Å²) in [6.07, 6.45) is 0. The van der Waals surface area contributed by atoms with Gasteiger partial charge in [-0.3, -0.25) is 0 Å². The Bertz CT molecular complexity index is 491. The van der Waals surface area contributed by atoms with Crippen molar-refractivity contribution in [1.82, 2.24) is 9.78 Å². The first kappa shape index (κ1) is 10.5. The molecule has 1 heterocycles. The van der Waals surface area contributed by atoms with E-state index in [1.165, 1.54) is 16.8 Å². The number of halogens is 3. The van der Waals surface area contributed by atoms with Crippen LogP contribution in [0.25, 0.3) is 5.69 Å². The van der Waals surface area contributed by atoms with Crippen molar-refractivity contribution < 1.29 is 8.78 Å². The largest absolute Gasteiger partial charge is 0.224 e. The van der Waals surface area contributed by atoms with Crippen LogP contribution < -0.4 is 0 Å². The summed E-state index contributed by atoms with van der Waals surface area (Å²) in [5.41, 5.74) is 0.983. The zero-order chi connectivity index (χ0) is 11.0. The smallest absolute Gasteiger partial charge is 0.177 e. The van der Waals surface area contributed by atoms with Gasteiger partial charge in [0.25, 0.3) is 0 Å². The Kier molecular flexibility index (Phi) is 2.72. The highest BCUT2D eigenvalue weighted by molar-refractivity contribution is 14.1. The molecule has 1 aromatic carbocycles. The fraction of sp³-hybridized carbons (Fsp3) is 0.100. The van der Waals surface area contributed by atoms with Gasteiger partial charge in [-0.25, -0.2) is 13.5 Å². The second-order valence-corrected chi connectivity index (χ2v) is 4.10. The maximum absolute atomic E-state index is 13.4. The molecule has 0 amide bonds. The van der Waals surface area contributed by atoms with Gasteiger partial charge < -0.3 is 0 Å². The monoisotopic (exact) mass is 320 g/mol. The first-order valence-electron chi connectivity index (χ1n) is 4.26. The van der Waals surface area contributed by atoms with Gasteiger partial charge in [-0.15, -0.1) is 0 Å². The van der Waals surface area contributed by atoms with E-state index in [4.69, 9.17) is 0 Å². The van der Waals surface area contributed by atoms with Crippen LogP contribution in [-0.2, 0) is 0 Å². The molecule has 2 nitrogen and oxygen atoms in total. The molecule has 0 saturated heterocycles. The molecule has 0 saturated carbocycles. The molecule has 0 aliphatic heterocycles. The van der Waals surface area contributed by atoms with Gasteiger partial charge in [0.05, 0.1) is 11.4 Å². The number of benzene rings is 1. The van der Waals surface area contributed by atoms with Gasteiger partial charge >= 0.3 is 0 Å². The lowest BCUT2D eigenvalue weighted by Gasteiger charge is -2.01. The molecule has 0 aliphatic carbocycles. The summed E-state index contributed by atoms with van der Waals surface area (Å²) in [6.45, 7) is 1.59. The van der Waals surface area contributed by atoms with Crippen LogP contribution in [0.3, 0.4) is 0 Å². The summed E-state index contributed by atoms with van der Waals surface area (Å²) in [6, 6.07) is 5.76. The molecule has 0 unspecified atom stereocenters. The molecule has 2 aromatic rings. The average molecular weight is 320 g/mol. The lowest BCUT2D eigenvalue weighted by Crippen LogP contribution is -1.99. The van der Waals surface area contributed by atoms with Crippen molar-refractivity contribution in [3.63, 3.8) is 0 Å². The molecule has 15 heavy (non-hydrogen) atoms. The first-order valence-corrected chi connectivity index (χ1v) is 5.34. The Balaban J connectivity index is 2.54. The van der Waals surface area contributed by atoms with Crippen molar-refractivity contribution >= 4 is 22.6 Å². The fourth-order valence-electron chi connectivity index (χ4n) is 1.23. The van der Waals surface area contributed by atoms with Gasteiger partial charge in [0.1, 0.15) is 9.52 Å². The second kappa shape index (κ2) is 3.88. The molecule has 0 spiro atoms. The number of aryl methyl sites for hydroxylation is 1. The van der Waals surface area contributed by atoms with Crippen molar-refractivity contribution in [2.24, 2.45) is 0 Å². The third-order valence-electron chi connectivity index (χ3n) is 2.01. The van der Waals surface area contributed by atoms with Gasteiger partial charge in [-0.05, 0) is 53.8 Å². The predicted molar refractivity (Wildman–Crippen MR) is 60.9 cm³/mol. The van der Waals surface area contributed by atoms with Gasteiger partial charge in [0, 0.05) is 0 Å². The summed E-state index contributed by atoms with van der Waals surface area (Å²) < 4.78 is 27.9. The third kappa shape index (κ3) is 1.88. The normalized spacial score (nSPS) is 10.7. The van der Waals surface area contributed by atoms with E-state index in [9.17, 15) is 8.78 Å². The van der Waals surface area contributed by atoms with E-state index in [1.807, 2.05) is 22.6 Å². The molecule has 2 rings (SSSR count). The molecule has 0 bridgehead atoms. The van der Waals surface area contributed by atoms with Gasteiger partial charge in [0.15, 0.2) is 5.82 Å². The molecule has 0 aliphatic rings. The van der Waals surface area contributed by atoms with Crippen LogP contribution in [0.4, 0.5) is 8.78 Å². The number of hydrogen-bond donors (Lipinski definition) is 0. The van der Waals surface area contributed by atoms with Crippen molar-refractivity contribution in [3.05, 3.63) is 45.3 Å². The molecule has 0 atom stereocenters. The van der Waals surface area contributed by atoms with Crippen LogP contribution in [0.15, 0.2) is 24.3 Å². The lowest BCUT2D eigenvalue weighted by atomic mass is 10.3. The Hall–Kier alpha value is -0.980. The van der Waals surface area contributed by atoms with E-state index < -0.39 is 0 Å². The van der Waals surface area contributed by atoms with Crippen LogP contribution in [0.1, 0.15) is 5.69 Å². The SMILES string of the molecule is Cc1nn(-c2ccc(F)cc2)c(I)c1F. The van der Waals surface area contributed by atoms with Crippen molar-refractivity contribution in [2.45, 2.75) is 6.92 Å². The average Bonchev–Trinajstić information content (AvgIpc) is 2.47. The van der Waals surface area contributed by atoms with Crippen LogP contribution in [-0.4, -0.2) is 9.78 Å². The topological polar surface area (TPSA) is 17.8 Å². The zero-order valence-corrected chi connectivity index (χ0v) is 10.00. The lowest BCUT2D eigenvalue weighted by molar-refractivity contribution is 0.610. The minimum Gasteiger partial charge on any atom is -0.224 e. The van der Waals surface area contributed by atoms with Gasteiger partial charge in [0.2, 0.25) is 0 Å². The molecule has 0 N–H and O–H groups in total. The number of hydrogen-bond acceptors (Lipinski definition) is 1. The summed E-state index contributed by atoms with van der Waals surface area (Å²) in [7, 11) is 0. The van der Waals surface area contributed by atoms with Crippen LogP contribution in [0.2, 0.25) is 0 Å². The summed E-state index contributed by atoms with van der Waals surface area (Å²) in [5.74, 6) is -0.655. The molecule has 0 fully saturated rings. The summed E-state index contributed by atoms with van der Waals surface area (Å²) in [4.78, 5) is 0. The third-order valence-corrected chi connectivity index (χ3v) is 2.94. The molecule has 0 radical (unpaired) electrons. The molecule has 5 heteroatoms. The number of nitrogens with zero attached hydrogens (tertiary/aromatic N) is 2. The summed E-state index contributed by atoms with van der Waals surface area (Å²) in [5, 5.41) is 4.02. The van der Waals surface area contributed by atoms with Crippen LogP contribution in [0.5, 0.6) is 0 Å². The Morgan fingerprint density at radius 3 is 2.27 bits per heavy atom. The maximum atomic E-state index is 13.4. The van der Waals surface area contributed by atoms with E-state index in [0.717, 1.165) is 0 Å². The molecular formula is C10H7F2IN2. The Morgan fingerprint density at radius 1 is 1.20 bits per heavy atom.